The van der Waals surface area contributed by atoms with Crippen molar-refractivity contribution in [1.82, 2.24) is 20.0 Å². The molecule has 1 amide bonds. The van der Waals surface area contributed by atoms with E-state index in [1.165, 1.54) is 16.8 Å². The largest absolute Gasteiger partial charge is 0.419 e. The fourth-order valence-corrected chi connectivity index (χ4v) is 3.87. The van der Waals surface area contributed by atoms with E-state index in [4.69, 9.17) is 0 Å². The monoisotopic (exact) mass is 462 g/mol. The molecule has 11 heteroatoms. The molecule has 33 heavy (non-hydrogen) atoms. The summed E-state index contributed by atoms with van der Waals surface area (Å²) in [4.78, 5) is 18.5. The summed E-state index contributed by atoms with van der Waals surface area (Å²) in [5.41, 5.74) is 2.12. The third kappa shape index (κ3) is 4.53. The number of halogens is 4. The van der Waals surface area contributed by atoms with E-state index in [-0.39, 0.29) is 24.1 Å². The van der Waals surface area contributed by atoms with Crippen LogP contribution < -0.4 is 10.2 Å². The molecule has 3 aromatic rings. The van der Waals surface area contributed by atoms with Gasteiger partial charge in [-0.05, 0) is 44.4 Å². The van der Waals surface area contributed by atoms with Crippen molar-refractivity contribution in [3.05, 3.63) is 64.5 Å². The second kappa shape index (κ2) is 8.45. The predicted molar refractivity (Wildman–Crippen MR) is 113 cm³/mol. The molecule has 1 N–H and O–H groups in total. The summed E-state index contributed by atoms with van der Waals surface area (Å²) in [6.07, 6.45) is -2.27. The number of hydrogen-bond acceptors (Lipinski definition) is 5. The third-order valence-corrected chi connectivity index (χ3v) is 5.76. The zero-order chi connectivity index (χ0) is 23.9. The lowest BCUT2D eigenvalue weighted by Crippen LogP contribution is -2.44. The first-order chi connectivity index (χ1) is 15.5. The van der Waals surface area contributed by atoms with Gasteiger partial charge in [0.1, 0.15) is 11.9 Å². The molecule has 1 atom stereocenters. The van der Waals surface area contributed by atoms with Crippen LogP contribution in [-0.4, -0.2) is 39.0 Å². The topological polar surface area (TPSA) is 75.9 Å². The molecule has 0 radical (unpaired) electrons. The van der Waals surface area contributed by atoms with Gasteiger partial charge in [0.15, 0.2) is 0 Å². The SMILES string of the molecule is Cc1nc(CCc2cn(Cc3cccc(F)c3C(F)(F)F)nn2)cc2c1NC(=O)[C@H](C)N2C. The number of anilines is 2. The Morgan fingerprint density at radius 2 is 1.91 bits per heavy atom. The van der Waals surface area contributed by atoms with Crippen molar-refractivity contribution in [3.63, 3.8) is 0 Å². The number of carbonyl (C=O) groups is 1. The smallest absolute Gasteiger partial charge is 0.361 e. The minimum Gasteiger partial charge on any atom is -0.361 e. The number of pyridine rings is 1. The van der Waals surface area contributed by atoms with E-state index in [1.807, 2.05) is 31.9 Å². The average Bonchev–Trinajstić information content (AvgIpc) is 3.18. The van der Waals surface area contributed by atoms with Gasteiger partial charge < -0.3 is 10.2 Å². The maximum absolute atomic E-state index is 13.8. The van der Waals surface area contributed by atoms with Gasteiger partial charge in [0.25, 0.3) is 0 Å². The van der Waals surface area contributed by atoms with Gasteiger partial charge in [-0.1, -0.05) is 17.3 Å². The Balaban J connectivity index is 1.49. The summed E-state index contributed by atoms with van der Waals surface area (Å²) in [7, 11) is 1.85. The van der Waals surface area contributed by atoms with Crippen LogP contribution >= 0.6 is 0 Å². The molecule has 1 aromatic carbocycles. The van der Waals surface area contributed by atoms with Crippen LogP contribution in [0.15, 0.2) is 30.5 Å². The molecule has 0 saturated carbocycles. The Morgan fingerprint density at radius 3 is 2.64 bits per heavy atom. The Labute approximate surface area is 187 Å². The van der Waals surface area contributed by atoms with Gasteiger partial charge in [-0.3, -0.25) is 9.78 Å². The van der Waals surface area contributed by atoms with Crippen molar-refractivity contribution in [2.75, 3.05) is 17.3 Å². The molecule has 7 nitrogen and oxygen atoms in total. The highest BCUT2D eigenvalue weighted by atomic mass is 19.4. The van der Waals surface area contributed by atoms with Crippen molar-refractivity contribution >= 4 is 17.3 Å². The number of hydrogen-bond donors (Lipinski definition) is 1. The first kappa shape index (κ1) is 22.7. The second-order valence-corrected chi connectivity index (χ2v) is 8.05. The number of alkyl halides is 3. The molecule has 174 valence electrons. The molecule has 1 aliphatic rings. The van der Waals surface area contributed by atoms with Crippen molar-refractivity contribution in [2.24, 2.45) is 0 Å². The highest BCUT2D eigenvalue weighted by Gasteiger charge is 2.36. The summed E-state index contributed by atoms with van der Waals surface area (Å²) in [6, 6.07) is 4.85. The quantitative estimate of drug-likeness (QED) is 0.585. The molecule has 0 fully saturated rings. The van der Waals surface area contributed by atoms with Crippen LogP contribution in [0.1, 0.15) is 35.1 Å². The van der Waals surface area contributed by atoms with Gasteiger partial charge in [0.2, 0.25) is 5.91 Å². The van der Waals surface area contributed by atoms with Gasteiger partial charge in [-0.15, -0.1) is 5.10 Å². The number of rotatable bonds is 5. The van der Waals surface area contributed by atoms with E-state index in [0.29, 0.717) is 29.9 Å². The number of benzene rings is 1. The van der Waals surface area contributed by atoms with E-state index in [0.717, 1.165) is 17.4 Å². The molecule has 3 heterocycles. The summed E-state index contributed by atoms with van der Waals surface area (Å²) >= 11 is 0. The lowest BCUT2D eigenvalue weighted by atomic mass is 10.1. The van der Waals surface area contributed by atoms with Crippen LogP contribution in [0.3, 0.4) is 0 Å². The van der Waals surface area contributed by atoms with Crippen molar-refractivity contribution < 1.29 is 22.4 Å². The highest BCUT2D eigenvalue weighted by molar-refractivity contribution is 6.03. The number of nitrogens with zero attached hydrogens (tertiary/aromatic N) is 5. The minimum absolute atomic E-state index is 0.0914. The van der Waals surface area contributed by atoms with Crippen molar-refractivity contribution in [1.29, 1.82) is 0 Å². The van der Waals surface area contributed by atoms with E-state index in [1.54, 1.807) is 6.20 Å². The Hall–Kier alpha value is -3.50. The molecule has 0 unspecified atom stereocenters. The van der Waals surface area contributed by atoms with Crippen LogP contribution in [0.4, 0.5) is 28.9 Å². The summed E-state index contributed by atoms with van der Waals surface area (Å²) in [5, 5.41) is 10.8. The number of aromatic nitrogens is 4. The molecule has 0 aliphatic carbocycles. The molecular weight excluding hydrogens is 440 g/mol. The number of amides is 1. The van der Waals surface area contributed by atoms with Crippen LogP contribution in [-0.2, 0) is 30.4 Å². The first-order valence-corrected chi connectivity index (χ1v) is 10.3. The van der Waals surface area contributed by atoms with Gasteiger partial charge >= 0.3 is 6.18 Å². The minimum atomic E-state index is -4.80. The Bertz CT molecular complexity index is 1210. The van der Waals surface area contributed by atoms with E-state index >= 15 is 0 Å². The zero-order valence-electron chi connectivity index (χ0n) is 18.2. The van der Waals surface area contributed by atoms with Gasteiger partial charge in [-0.2, -0.15) is 13.2 Å². The van der Waals surface area contributed by atoms with Gasteiger partial charge in [0.05, 0.1) is 34.9 Å². The number of nitrogens with one attached hydrogen (secondary N) is 1. The zero-order valence-corrected chi connectivity index (χ0v) is 18.2. The predicted octanol–water partition coefficient (Wildman–Crippen LogP) is 3.75. The maximum atomic E-state index is 13.8. The molecule has 1 aliphatic heterocycles. The molecule has 0 saturated heterocycles. The van der Waals surface area contributed by atoms with Crippen LogP contribution in [0.2, 0.25) is 0 Å². The number of fused-ring (bicyclic) bond motifs is 1. The van der Waals surface area contributed by atoms with Crippen LogP contribution in [0.5, 0.6) is 0 Å². The lowest BCUT2D eigenvalue weighted by molar-refractivity contribution is -0.140. The number of aryl methyl sites for hydroxylation is 3. The second-order valence-electron chi connectivity index (χ2n) is 8.05. The molecule has 0 spiro atoms. The van der Waals surface area contributed by atoms with E-state index in [2.05, 4.69) is 20.6 Å². The fraction of sp³-hybridized carbons (Fsp3) is 0.364. The van der Waals surface area contributed by atoms with Crippen molar-refractivity contribution in [3.8, 4) is 0 Å². The fourth-order valence-electron chi connectivity index (χ4n) is 3.87. The van der Waals surface area contributed by atoms with Gasteiger partial charge in [-0.25, -0.2) is 9.07 Å². The number of carbonyl (C=O) groups excluding carboxylic acids is 1. The lowest BCUT2D eigenvalue weighted by Gasteiger charge is -2.34. The number of likely N-dealkylation sites (N-methyl/N-ethyl adjacent to an activating group) is 1. The summed E-state index contributed by atoms with van der Waals surface area (Å²) in [5.74, 6) is -1.41. The Kier molecular flexibility index (Phi) is 5.81. The first-order valence-electron chi connectivity index (χ1n) is 10.3. The molecule has 0 bridgehead atoms. The third-order valence-electron chi connectivity index (χ3n) is 5.76. The van der Waals surface area contributed by atoms with Crippen LogP contribution in [0, 0.1) is 12.7 Å². The maximum Gasteiger partial charge on any atom is 0.419 e. The molecule has 2 aromatic heterocycles. The summed E-state index contributed by atoms with van der Waals surface area (Å²) < 4.78 is 54.7. The standard InChI is InChI=1S/C22H22F4N6O/c1-12-20-18(31(3)13(2)21(33)28-20)9-15(27-12)7-8-16-11-32(30-29-16)10-14-5-4-6-17(23)19(14)22(24,25)26/h4-6,9,11,13H,7-8,10H2,1-3H3,(H,28,33)/t13-/m0/s1. The molecule has 4 rings (SSSR count). The highest BCUT2D eigenvalue weighted by Crippen LogP contribution is 2.35. The molecular formula is C22H22F4N6O. The van der Waals surface area contributed by atoms with E-state index < -0.39 is 17.6 Å². The van der Waals surface area contributed by atoms with Crippen molar-refractivity contribution in [2.45, 2.75) is 45.5 Å². The van der Waals surface area contributed by atoms with Crippen LogP contribution in [0.25, 0.3) is 0 Å². The van der Waals surface area contributed by atoms with E-state index in [9.17, 15) is 22.4 Å². The average molecular weight is 462 g/mol. The normalized spacial score (nSPS) is 16.0. The summed E-state index contributed by atoms with van der Waals surface area (Å²) in [6.45, 7) is 3.38. The van der Waals surface area contributed by atoms with Gasteiger partial charge in [0, 0.05) is 18.9 Å². The Morgan fingerprint density at radius 1 is 1.18 bits per heavy atom.